The van der Waals surface area contributed by atoms with Crippen LogP contribution < -0.4 is 4.74 Å². The lowest BCUT2D eigenvalue weighted by atomic mass is 10.1. The van der Waals surface area contributed by atoms with Crippen LogP contribution in [0, 0.1) is 5.92 Å². The van der Waals surface area contributed by atoms with Crippen molar-refractivity contribution in [3.05, 3.63) is 27.7 Å². The number of carboxylic acids is 1. The molecule has 1 fully saturated rings. The summed E-state index contributed by atoms with van der Waals surface area (Å²) in [6.45, 7) is 1.74. The number of carboxylic acid groups (broad SMARTS) is 1. The number of carbonyl (C=O) groups is 1. The van der Waals surface area contributed by atoms with Crippen LogP contribution in [0.25, 0.3) is 0 Å². The van der Waals surface area contributed by atoms with Crippen LogP contribution in [0.4, 0.5) is 0 Å². The lowest BCUT2D eigenvalue weighted by Gasteiger charge is -2.14. The fourth-order valence-corrected chi connectivity index (χ4v) is 2.33. The normalized spacial score (nSPS) is 18.9. The van der Waals surface area contributed by atoms with Crippen molar-refractivity contribution >= 4 is 29.2 Å². The number of halogens is 2. The van der Waals surface area contributed by atoms with E-state index in [0.717, 1.165) is 6.42 Å². The third-order valence-electron chi connectivity index (χ3n) is 2.73. The summed E-state index contributed by atoms with van der Waals surface area (Å²) in [4.78, 5) is 11.1. The summed E-state index contributed by atoms with van der Waals surface area (Å²) in [6, 6.07) is 2.80. The van der Waals surface area contributed by atoms with Crippen molar-refractivity contribution in [3.63, 3.8) is 0 Å². The van der Waals surface area contributed by atoms with E-state index in [2.05, 4.69) is 0 Å². The predicted octanol–water partition coefficient (Wildman–Crippen LogP) is 3.11. The van der Waals surface area contributed by atoms with Gasteiger partial charge in [0.2, 0.25) is 0 Å². The number of rotatable bonds is 4. The molecule has 0 amide bonds. The van der Waals surface area contributed by atoms with Gasteiger partial charge in [0.15, 0.2) is 5.75 Å². The van der Waals surface area contributed by atoms with Crippen molar-refractivity contribution in [2.24, 2.45) is 5.92 Å². The van der Waals surface area contributed by atoms with Crippen molar-refractivity contribution < 1.29 is 19.4 Å². The first-order chi connectivity index (χ1) is 8.58. The second-order valence-corrected chi connectivity index (χ2v) is 4.95. The zero-order chi connectivity index (χ0) is 13.1. The maximum absolute atomic E-state index is 11.1. The monoisotopic (exact) mass is 290 g/mol. The van der Waals surface area contributed by atoms with Crippen LogP contribution in [-0.2, 0) is 4.74 Å². The van der Waals surface area contributed by atoms with Gasteiger partial charge in [-0.2, -0.15) is 0 Å². The molecule has 0 radical (unpaired) electrons. The molecule has 1 aliphatic rings. The first-order valence-electron chi connectivity index (χ1n) is 5.51. The van der Waals surface area contributed by atoms with Crippen LogP contribution in [0.15, 0.2) is 12.1 Å². The Morgan fingerprint density at radius 1 is 1.50 bits per heavy atom. The van der Waals surface area contributed by atoms with Crippen LogP contribution in [0.2, 0.25) is 10.0 Å². The largest absolute Gasteiger partial charge is 0.491 e. The number of aromatic carboxylic acids is 1. The third kappa shape index (κ3) is 3.07. The summed E-state index contributed by atoms with van der Waals surface area (Å²) in [5.74, 6) is -0.670. The van der Waals surface area contributed by atoms with E-state index in [1.54, 1.807) is 0 Å². The molecule has 1 aromatic rings. The average molecular weight is 291 g/mol. The van der Waals surface area contributed by atoms with Gasteiger partial charge in [-0.3, -0.25) is 0 Å². The molecule has 0 spiro atoms. The van der Waals surface area contributed by atoms with E-state index in [0.29, 0.717) is 19.8 Å². The minimum Gasteiger partial charge on any atom is -0.491 e. The molecule has 0 aromatic heterocycles. The van der Waals surface area contributed by atoms with E-state index < -0.39 is 5.97 Å². The van der Waals surface area contributed by atoms with Gasteiger partial charge in [0.05, 0.1) is 18.2 Å². The molecule has 6 heteroatoms. The Labute approximate surface area is 114 Å². The molecule has 1 heterocycles. The highest BCUT2D eigenvalue weighted by atomic mass is 35.5. The van der Waals surface area contributed by atoms with Crippen molar-refractivity contribution in [3.8, 4) is 5.75 Å². The molecule has 2 rings (SSSR count). The predicted molar refractivity (Wildman–Crippen MR) is 67.8 cm³/mol. The van der Waals surface area contributed by atoms with E-state index in [-0.39, 0.29) is 27.3 Å². The average Bonchev–Trinajstić information content (AvgIpc) is 2.79. The van der Waals surface area contributed by atoms with Gasteiger partial charge in [-0.05, 0) is 18.6 Å². The summed E-state index contributed by atoms with van der Waals surface area (Å²) >= 11 is 11.7. The number of benzene rings is 1. The molecule has 98 valence electrons. The number of ether oxygens (including phenoxy) is 2. The summed E-state index contributed by atoms with van der Waals surface area (Å²) < 4.78 is 10.7. The minimum atomic E-state index is -1.11. The van der Waals surface area contributed by atoms with Gasteiger partial charge < -0.3 is 14.6 Å². The maximum atomic E-state index is 11.1. The summed E-state index contributed by atoms with van der Waals surface area (Å²) in [5, 5.41) is 9.56. The highest BCUT2D eigenvalue weighted by Crippen LogP contribution is 2.33. The van der Waals surface area contributed by atoms with Gasteiger partial charge >= 0.3 is 5.97 Å². The molecule has 1 aromatic carbocycles. The Hall–Kier alpha value is -0.970. The molecule has 1 unspecified atom stereocenters. The molecule has 4 nitrogen and oxygen atoms in total. The van der Waals surface area contributed by atoms with Gasteiger partial charge in [0.1, 0.15) is 5.56 Å². The third-order valence-corrected chi connectivity index (χ3v) is 3.23. The van der Waals surface area contributed by atoms with Gasteiger partial charge in [-0.25, -0.2) is 4.79 Å². The molecule has 0 aliphatic carbocycles. The molecule has 1 saturated heterocycles. The van der Waals surface area contributed by atoms with Crippen molar-refractivity contribution in [2.45, 2.75) is 6.42 Å². The molecule has 1 atom stereocenters. The highest BCUT2D eigenvalue weighted by molar-refractivity contribution is 6.36. The first-order valence-corrected chi connectivity index (χ1v) is 6.26. The summed E-state index contributed by atoms with van der Waals surface area (Å²) in [6.07, 6.45) is 0.910. The molecule has 1 N–H and O–H groups in total. The zero-order valence-corrected chi connectivity index (χ0v) is 11.0. The second-order valence-electron chi connectivity index (χ2n) is 4.11. The van der Waals surface area contributed by atoms with Crippen molar-refractivity contribution in [2.75, 3.05) is 19.8 Å². The van der Waals surface area contributed by atoms with E-state index in [1.807, 2.05) is 0 Å². The zero-order valence-electron chi connectivity index (χ0n) is 9.49. The van der Waals surface area contributed by atoms with E-state index in [4.69, 9.17) is 37.8 Å². The molecule has 0 bridgehead atoms. The van der Waals surface area contributed by atoms with E-state index in [1.165, 1.54) is 12.1 Å². The fraction of sp³-hybridized carbons (Fsp3) is 0.417. The number of hydrogen-bond acceptors (Lipinski definition) is 3. The Kier molecular flexibility index (Phi) is 4.32. The van der Waals surface area contributed by atoms with Gasteiger partial charge in [-0.1, -0.05) is 23.2 Å². The van der Waals surface area contributed by atoms with E-state index >= 15 is 0 Å². The standard InChI is InChI=1S/C12H12Cl2O4/c13-8-3-9(12(15)16)11(10(14)4-8)18-6-7-1-2-17-5-7/h3-4,7H,1-2,5-6H2,(H,15,16). The quantitative estimate of drug-likeness (QED) is 0.926. The van der Waals surface area contributed by atoms with E-state index in [9.17, 15) is 4.79 Å². The van der Waals surface area contributed by atoms with Gasteiger partial charge in [0, 0.05) is 17.5 Å². The van der Waals surface area contributed by atoms with Crippen LogP contribution in [0.5, 0.6) is 5.75 Å². The van der Waals surface area contributed by atoms with Gasteiger partial charge in [-0.15, -0.1) is 0 Å². The molecular formula is C12H12Cl2O4. The summed E-state index contributed by atoms with van der Waals surface area (Å²) in [5.41, 5.74) is -0.0218. The molecule has 1 aliphatic heterocycles. The van der Waals surface area contributed by atoms with Gasteiger partial charge in [0.25, 0.3) is 0 Å². The highest BCUT2D eigenvalue weighted by Gasteiger charge is 2.20. The van der Waals surface area contributed by atoms with Crippen LogP contribution >= 0.6 is 23.2 Å². The Balaban J connectivity index is 2.17. The lowest BCUT2D eigenvalue weighted by molar-refractivity contribution is 0.0691. The molecule has 0 saturated carbocycles. The van der Waals surface area contributed by atoms with Crippen molar-refractivity contribution in [1.82, 2.24) is 0 Å². The first kappa shape index (κ1) is 13.5. The Morgan fingerprint density at radius 3 is 2.89 bits per heavy atom. The van der Waals surface area contributed by atoms with Crippen LogP contribution in [-0.4, -0.2) is 30.9 Å². The SMILES string of the molecule is O=C(O)c1cc(Cl)cc(Cl)c1OCC1CCOC1. The Morgan fingerprint density at radius 2 is 2.28 bits per heavy atom. The van der Waals surface area contributed by atoms with Crippen LogP contribution in [0.3, 0.4) is 0 Å². The van der Waals surface area contributed by atoms with Crippen molar-refractivity contribution in [1.29, 1.82) is 0 Å². The fourth-order valence-electron chi connectivity index (χ4n) is 1.78. The smallest absolute Gasteiger partial charge is 0.339 e. The topological polar surface area (TPSA) is 55.8 Å². The number of hydrogen-bond donors (Lipinski definition) is 1. The van der Waals surface area contributed by atoms with Crippen LogP contribution in [0.1, 0.15) is 16.8 Å². The minimum absolute atomic E-state index is 0.0218. The lowest BCUT2D eigenvalue weighted by Crippen LogP contribution is -2.13. The summed E-state index contributed by atoms with van der Waals surface area (Å²) in [7, 11) is 0. The molecule has 18 heavy (non-hydrogen) atoms. The second kappa shape index (κ2) is 5.78. The maximum Gasteiger partial charge on any atom is 0.339 e. The molecular weight excluding hydrogens is 279 g/mol. The Bertz CT molecular complexity index is 456.